The van der Waals surface area contributed by atoms with Crippen molar-refractivity contribution in [1.82, 2.24) is 18.7 Å². The summed E-state index contributed by atoms with van der Waals surface area (Å²) in [5.41, 5.74) is 0.845. The SMILES string of the molecule is Cn1c(=O)n(Cc2c(F)cccc2Cl)c(=O)c2c1nc1n2CCCN1Cc1ccccc1. The highest BCUT2D eigenvalue weighted by Gasteiger charge is 2.26. The van der Waals surface area contributed by atoms with Crippen molar-refractivity contribution in [2.45, 2.75) is 26.1 Å². The first-order valence-electron chi connectivity index (χ1n) is 10.4. The van der Waals surface area contributed by atoms with Crippen LogP contribution in [0.15, 0.2) is 58.1 Å². The van der Waals surface area contributed by atoms with Gasteiger partial charge in [-0.2, -0.15) is 4.98 Å². The van der Waals surface area contributed by atoms with E-state index in [1.54, 1.807) is 7.05 Å². The topological polar surface area (TPSA) is 65.1 Å². The van der Waals surface area contributed by atoms with E-state index in [1.165, 1.54) is 22.8 Å². The van der Waals surface area contributed by atoms with Gasteiger partial charge in [-0.3, -0.25) is 13.9 Å². The number of benzene rings is 2. The molecule has 2 aromatic heterocycles. The van der Waals surface area contributed by atoms with Crippen molar-refractivity contribution in [2.24, 2.45) is 7.05 Å². The first kappa shape index (κ1) is 20.5. The van der Waals surface area contributed by atoms with Crippen LogP contribution >= 0.6 is 11.6 Å². The summed E-state index contributed by atoms with van der Waals surface area (Å²) in [4.78, 5) is 33.2. The summed E-state index contributed by atoms with van der Waals surface area (Å²) in [6.45, 7) is 1.81. The average molecular weight is 454 g/mol. The summed E-state index contributed by atoms with van der Waals surface area (Å²) >= 11 is 6.14. The van der Waals surface area contributed by atoms with Crippen molar-refractivity contribution in [3.8, 4) is 0 Å². The van der Waals surface area contributed by atoms with Crippen molar-refractivity contribution in [3.05, 3.63) is 91.3 Å². The van der Waals surface area contributed by atoms with Gasteiger partial charge in [0.15, 0.2) is 11.2 Å². The van der Waals surface area contributed by atoms with Gasteiger partial charge in [0.05, 0.1) is 6.54 Å². The Labute approximate surface area is 187 Å². The van der Waals surface area contributed by atoms with Crippen LogP contribution in [0.4, 0.5) is 10.3 Å². The monoisotopic (exact) mass is 453 g/mol. The number of imidazole rings is 1. The molecule has 1 aliphatic heterocycles. The van der Waals surface area contributed by atoms with E-state index in [2.05, 4.69) is 9.88 Å². The minimum absolute atomic E-state index is 0.108. The molecule has 0 aliphatic carbocycles. The molecule has 0 N–H and O–H groups in total. The molecule has 0 amide bonds. The number of aryl methyl sites for hydroxylation is 2. The Bertz CT molecular complexity index is 1420. The molecular weight excluding hydrogens is 433 g/mol. The summed E-state index contributed by atoms with van der Waals surface area (Å²) in [5, 5.41) is 0.170. The third-order valence-corrected chi connectivity index (χ3v) is 6.25. The highest BCUT2D eigenvalue weighted by Crippen LogP contribution is 2.26. The largest absolute Gasteiger partial charge is 0.338 e. The number of halogens is 2. The van der Waals surface area contributed by atoms with E-state index in [0.29, 0.717) is 30.2 Å². The minimum Gasteiger partial charge on any atom is -0.338 e. The van der Waals surface area contributed by atoms with Gasteiger partial charge in [0.1, 0.15) is 5.82 Å². The van der Waals surface area contributed by atoms with Crippen LogP contribution in [0.25, 0.3) is 11.2 Å². The molecule has 0 spiro atoms. The van der Waals surface area contributed by atoms with Gasteiger partial charge in [0, 0.05) is 37.3 Å². The molecule has 3 heterocycles. The maximum Gasteiger partial charge on any atom is 0.332 e. The zero-order chi connectivity index (χ0) is 22.4. The first-order valence-corrected chi connectivity index (χ1v) is 10.8. The van der Waals surface area contributed by atoms with Crippen molar-refractivity contribution < 1.29 is 4.39 Å². The molecular formula is C23H21ClFN5O2. The molecule has 9 heteroatoms. The summed E-state index contributed by atoms with van der Waals surface area (Å²) in [6.07, 6.45) is 0.840. The van der Waals surface area contributed by atoms with Crippen LogP contribution in [0.5, 0.6) is 0 Å². The van der Waals surface area contributed by atoms with E-state index in [-0.39, 0.29) is 17.1 Å². The van der Waals surface area contributed by atoms with Gasteiger partial charge in [-0.1, -0.05) is 48.0 Å². The Morgan fingerprint density at radius 1 is 1.03 bits per heavy atom. The van der Waals surface area contributed by atoms with Gasteiger partial charge in [0.2, 0.25) is 5.95 Å². The summed E-state index contributed by atoms with van der Waals surface area (Å²) in [5.74, 6) is 0.0970. The van der Waals surface area contributed by atoms with E-state index in [9.17, 15) is 14.0 Å². The van der Waals surface area contributed by atoms with Crippen molar-refractivity contribution >= 4 is 28.7 Å². The minimum atomic E-state index is -0.563. The fourth-order valence-corrected chi connectivity index (χ4v) is 4.49. The van der Waals surface area contributed by atoms with E-state index in [1.807, 2.05) is 34.9 Å². The molecule has 0 fully saturated rings. The van der Waals surface area contributed by atoms with E-state index < -0.39 is 17.1 Å². The highest BCUT2D eigenvalue weighted by atomic mass is 35.5. The number of anilines is 1. The third kappa shape index (κ3) is 3.31. The summed E-state index contributed by atoms with van der Waals surface area (Å²) in [6, 6.07) is 14.3. The number of aromatic nitrogens is 4. The maximum atomic E-state index is 14.4. The molecule has 0 saturated heterocycles. The van der Waals surface area contributed by atoms with Crippen molar-refractivity contribution in [2.75, 3.05) is 11.4 Å². The van der Waals surface area contributed by atoms with Gasteiger partial charge in [-0.05, 0) is 24.1 Å². The normalized spacial score (nSPS) is 13.5. The number of hydrogen-bond donors (Lipinski definition) is 0. The Hall–Kier alpha value is -3.39. The van der Waals surface area contributed by atoms with Gasteiger partial charge in [-0.25, -0.2) is 9.18 Å². The second kappa shape index (κ2) is 7.94. The van der Waals surface area contributed by atoms with Crippen molar-refractivity contribution in [3.63, 3.8) is 0 Å². The average Bonchev–Trinajstić information content (AvgIpc) is 3.19. The predicted molar refractivity (Wildman–Crippen MR) is 122 cm³/mol. The van der Waals surface area contributed by atoms with Crippen LogP contribution in [0.1, 0.15) is 17.5 Å². The zero-order valence-electron chi connectivity index (χ0n) is 17.5. The van der Waals surface area contributed by atoms with Crippen LogP contribution in [-0.4, -0.2) is 25.2 Å². The number of rotatable bonds is 4. The second-order valence-electron chi connectivity index (χ2n) is 7.93. The molecule has 2 aromatic carbocycles. The molecule has 0 radical (unpaired) electrons. The highest BCUT2D eigenvalue weighted by molar-refractivity contribution is 6.31. The van der Waals surface area contributed by atoms with Gasteiger partial charge in [-0.15, -0.1) is 0 Å². The van der Waals surface area contributed by atoms with E-state index in [4.69, 9.17) is 11.6 Å². The molecule has 32 heavy (non-hydrogen) atoms. The van der Waals surface area contributed by atoms with E-state index >= 15 is 0 Å². The second-order valence-corrected chi connectivity index (χ2v) is 8.34. The zero-order valence-corrected chi connectivity index (χ0v) is 18.2. The molecule has 5 rings (SSSR count). The third-order valence-electron chi connectivity index (χ3n) is 5.90. The summed E-state index contributed by atoms with van der Waals surface area (Å²) < 4.78 is 18.6. The van der Waals surface area contributed by atoms with Gasteiger partial charge in [0.25, 0.3) is 5.56 Å². The number of fused-ring (bicyclic) bond motifs is 3. The lowest BCUT2D eigenvalue weighted by Crippen LogP contribution is -2.40. The molecule has 0 unspecified atom stereocenters. The standard InChI is InChI=1S/C23H21ClFN5O2/c1-27-20-19(21(31)30(23(27)32)14-16-17(24)9-5-10-18(16)25)29-12-6-11-28(22(29)26-20)13-15-7-3-2-4-8-15/h2-5,7-10H,6,11-14H2,1H3. The molecule has 164 valence electrons. The fourth-order valence-electron chi connectivity index (χ4n) is 4.27. The molecule has 0 saturated carbocycles. The Morgan fingerprint density at radius 3 is 2.56 bits per heavy atom. The van der Waals surface area contributed by atoms with Crippen molar-refractivity contribution in [1.29, 1.82) is 0 Å². The van der Waals surface area contributed by atoms with Gasteiger partial charge >= 0.3 is 5.69 Å². The summed E-state index contributed by atoms with van der Waals surface area (Å²) in [7, 11) is 1.57. The Morgan fingerprint density at radius 2 is 1.81 bits per heavy atom. The van der Waals surface area contributed by atoms with Crippen LogP contribution in [0.3, 0.4) is 0 Å². The quantitative estimate of drug-likeness (QED) is 0.476. The van der Waals surface area contributed by atoms with Crippen LogP contribution < -0.4 is 16.1 Å². The predicted octanol–water partition coefficient (Wildman–Crippen LogP) is 3.15. The number of hydrogen-bond acceptors (Lipinski definition) is 4. The first-order chi connectivity index (χ1) is 15.5. The Balaban J connectivity index is 1.66. The smallest absolute Gasteiger partial charge is 0.332 e. The number of nitrogens with zero attached hydrogens (tertiary/aromatic N) is 5. The fraction of sp³-hybridized carbons (Fsp3) is 0.261. The molecule has 0 bridgehead atoms. The van der Waals surface area contributed by atoms with Crippen LogP contribution in [0, 0.1) is 5.82 Å². The molecule has 1 aliphatic rings. The lowest BCUT2D eigenvalue weighted by molar-refractivity contribution is 0.559. The van der Waals surface area contributed by atoms with Crippen LogP contribution in [-0.2, 0) is 26.7 Å². The lowest BCUT2D eigenvalue weighted by atomic mass is 10.2. The Kier molecular flexibility index (Phi) is 5.09. The lowest BCUT2D eigenvalue weighted by Gasteiger charge is -2.29. The molecule has 4 aromatic rings. The molecule has 0 atom stereocenters. The van der Waals surface area contributed by atoms with Gasteiger partial charge < -0.3 is 9.47 Å². The maximum absolute atomic E-state index is 14.4. The van der Waals surface area contributed by atoms with E-state index in [0.717, 1.165) is 23.1 Å². The molecule has 7 nitrogen and oxygen atoms in total. The van der Waals surface area contributed by atoms with Crippen LogP contribution in [0.2, 0.25) is 5.02 Å².